The van der Waals surface area contributed by atoms with Gasteiger partial charge < -0.3 is 10.1 Å². The SMILES string of the molecule is CCCNC(CC1CCOC1)c1cccc2ccncc12. The van der Waals surface area contributed by atoms with Gasteiger partial charge in [0.1, 0.15) is 0 Å². The molecule has 3 heteroatoms. The summed E-state index contributed by atoms with van der Waals surface area (Å²) in [6.07, 6.45) is 7.35. The molecule has 3 nitrogen and oxygen atoms in total. The van der Waals surface area contributed by atoms with Crippen molar-refractivity contribution in [2.45, 2.75) is 32.2 Å². The number of aromatic nitrogens is 1. The van der Waals surface area contributed by atoms with Gasteiger partial charge in [0.05, 0.1) is 0 Å². The maximum Gasteiger partial charge on any atom is 0.0495 e. The van der Waals surface area contributed by atoms with Crippen LogP contribution in [-0.2, 0) is 4.74 Å². The number of benzene rings is 1. The van der Waals surface area contributed by atoms with Crippen LogP contribution < -0.4 is 5.32 Å². The maximum atomic E-state index is 5.55. The molecule has 112 valence electrons. The fourth-order valence-corrected chi connectivity index (χ4v) is 3.18. The number of ether oxygens (including phenoxy) is 1. The molecule has 1 fully saturated rings. The Labute approximate surface area is 126 Å². The molecule has 2 aromatic rings. The lowest BCUT2D eigenvalue weighted by molar-refractivity contribution is 0.181. The summed E-state index contributed by atoms with van der Waals surface area (Å²) in [4.78, 5) is 4.32. The molecule has 2 heterocycles. The zero-order valence-electron chi connectivity index (χ0n) is 12.7. The zero-order valence-corrected chi connectivity index (χ0v) is 12.7. The van der Waals surface area contributed by atoms with E-state index in [0.717, 1.165) is 32.6 Å². The highest BCUT2D eigenvalue weighted by atomic mass is 16.5. The van der Waals surface area contributed by atoms with E-state index in [0.29, 0.717) is 12.0 Å². The second-order valence-electron chi connectivity index (χ2n) is 5.92. The summed E-state index contributed by atoms with van der Waals surface area (Å²) < 4.78 is 5.55. The van der Waals surface area contributed by atoms with Gasteiger partial charge in [-0.1, -0.05) is 25.1 Å². The first-order chi connectivity index (χ1) is 10.4. The highest BCUT2D eigenvalue weighted by Gasteiger charge is 2.22. The van der Waals surface area contributed by atoms with Crippen LogP contribution in [0.5, 0.6) is 0 Å². The van der Waals surface area contributed by atoms with E-state index < -0.39 is 0 Å². The van der Waals surface area contributed by atoms with Crippen LogP contribution in [0.2, 0.25) is 0 Å². The van der Waals surface area contributed by atoms with E-state index in [1.165, 1.54) is 22.8 Å². The molecule has 1 N–H and O–H groups in total. The molecule has 2 atom stereocenters. The van der Waals surface area contributed by atoms with E-state index in [-0.39, 0.29) is 0 Å². The van der Waals surface area contributed by atoms with Gasteiger partial charge in [0.25, 0.3) is 0 Å². The Balaban J connectivity index is 1.89. The molecular formula is C18H24N2O. The maximum absolute atomic E-state index is 5.55. The lowest BCUT2D eigenvalue weighted by atomic mass is 9.91. The molecule has 0 aliphatic carbocycles. The van der Waals surface area contributed by atoms with Crippen LogP contribution in [0, 0.1) is 5.92 Å². The summed E-state index contributed by atoms with van der Waals surface area (Å²) in [5.74, 6) is 0.672. The van der Waals surface area contributed by atoms with E-state index in [1.807, 2.05) is 12.4 Å². The Morgan fingerprint density at radius 1 is 1.38 bits per heavy atom. The summed E-state index contributed by atoms with van der Waals surface area (Å²) in [6.45, 7) is 5.10. The van der Waals surface area contributed by atoms with Crippen LogP contribution in [0.1, 0.15) is 37.8 Å². The summed E-state index contributed by atoms with van der Waals surface area (Å²) in [6, 6.07) is 9.05. The van der Waals surface area contributed by atoms with Gasteiger partial charge >= 0.3 is 0 Å². The van der Waals surface area contributed by atoms with Crippen LogP contribution >= 0.6 is 0 Å². The fourth-order valence-electron chi connectivity index (χ4n) is 3.18. The standard InChI is InChI=1S/C18H24N2O/c1-2-8-20-18(11-14-7-10-21-13-14)16-5-3-4-15-6-9-19-12-17(15)16/h3-6,9,12,14,18,20H,2,7-8,10-11,13H2,1H3. The monoisotopic (exact) mass is 284 g/mol. The number of nitrogens with zero attached hydrogens (tertiary/aromatic N) is 1. The molecule has 1 aromatic heterocycles. The molecule has 2 unspecified atom stereocenters. The predicted molar refractivity (Wildman–Crippen MR) is 86.3 cm³/mol. The van der Waals surface area contributed by atoms with E-state index >= 15 is 0 Å². The first-order valence-electron chi connectivity index (χ1n) is 8.02. The molecule has 0 spiro atoms. The second kappa shape index (κ2) is 7.01. The highest BCUT2D eigenvalue weighted by Crippen LogP contribution is 2.30. The lowest BCUT2D eigenvalue weighted by Crippen LogP contribution is -2.25. The van der Waals surface area contributed by atoms with Gasteiger partial charge in [0.15, 0.2) is 0 Å². The molecule has 1 saturated heterocycles. The topological polar surface area (TPSA) is 34.1 Å². The molecule has 21 heavy (non-hydrogen) atoms. The van der Waals surface area contributed by atoms with Gasteiger partial charge in [0.2, 0.25) is 0 Å². The Morgan fingerprint density at radius 3 is 3.14 bits per heavy atom. The number of hydrogen-bond donors (Lipinski definition) is 1. The molecule has 0 bridgehead atoms. The Bertz CT molecular complexity index is 573. The Morgan fingerprint density at radius 2 is 2.33 bits per heavy atom. The lowest BCUT2D eigenvalue weighted by Gasteiger charge is -2.23. The number of hydrogen-bond acceptors (Lipinski definition) is 3. The van der Waals surface area contributed by atoms with Gasteiger partial charge in [-0.2, -0.15) is 0 Å². The highest BCUT2D eigenvalue weighted by molar-refractivity contribution is 5.85. The smallest absolute Gasteiger partial charge is 0.0495 e. The van der Waals surface area contributed by atoms with Crippen molar-refractivity contribution < 1.29 is 4.74 Å². The third-order valence-electron chi connectivity index (χ3n) is 4.33. The van der Waals surface area contributed by atoms with E-state index in [2.05, 4.69) is 41.5 Å². The normalized spacial score (nSPS) is 20.0. The minimum atomic E-state index is 0.393. The number of pyridine rings is 1. The quantitative estimate of drug-likeness (QED) is 0.878. The minimum absolute atomic E-state index is 0.393. The van der Waals surface area contributed by atoms with E-state index in [1.54, 1.807) is 0 Å². The molecule has 3 rings (SSSR count). The van der Waals surface area contributed by atoms with Crippen molar-refractivity contribution in [2.75, 3.05) is 19.8 Å². The third-order valence-corrected chi connectivity index (χ3v) is 4.33. The average molecular weight is 284 g/mol. The van der Waals surface area contributed by atoms with Crippen molar-refractivity contribution in [2.24, 2.45) is 5.92 Å². The van der Waals surface area contributed by atoms with Gasteiger partial charge in [0, 0.05) is 37.0 Å². The van der Waals surface area contributed by atoms with Crippen LogP contribution in [0.4, 0.5) is 0 Å². The first kappa shape index (κ1) is 14.5. The van der Waals surface area contributed by atoms with Crippen LogP contribution in [-0.4, -0.2) is 24.7 Å². The van der Waals surface area contributed by atoms with Crippen LogP contribution in [0.3, 0.4) is 0 Å². The summed E-state index contributed by atoms with van der Waals surface area (Å²) >= 11 is 0. The van der Waals surface area contributed by atoms with Gasteiger partial charge in [-0.15, -0.1) is 0 Å². The molecule has 1 aliphatic heterocycles. The van der Waals surface area contributed by atoms with Crippen LogP contribution in [0.15, 0.2) is 36.7 Å². The zero-order chi connectivity index (χ0) is 14.5. The van der Waals surface area contributed by atoms with Crippen molar-refractivity contribution >= 4 is 10.8 Å². The van der Waals surface area contributed by atoms with Gasteiger partial charge in [-0.25, -0.2) is 0 Å². The predicted octanol–water partition coefficient (Wildman–Crippen LogP) is 3.70. The van der Waals surface area contributed by atoms with Crippen molar-refractivity contribution in [3.05, 3.63) is 42.2 Å². The second-order valence-corrected chi connectivity index (χ2v) is 5.92. The largest absolute Gasteiger partial charge is 0.381 e. The average Bonchev–Trinajstić information content (AvgIpc) is 3.04. The summed E-state index contributed by atoms with van der Waals surface area (Å²) in [5, 5.41) is 6.26. The number of rotatable bonds is 6. The van der Waals surface area contributed by atoms with E-state index in [9.17, 15) is 0 Å². The Kier molecular flexibility index (Phi) is 4.84. The molecule has 1 aromatic carbocycles. The molecule has 0 saturated carbocycles. The summed E-state index contributed by atoms with van der Waals surface area (Å²) in [7, 11) is 0. The van der Waals surface area contributed by atoms with Gasteiger partial charge in [-0.3, -0.25) is 4.98 Å². The molecular weight excluding hydrogens is 260 g/mol. The third kappa shape index (κ3) is 3.42. The number of fused-ring (bicyclic) bond motifs is 1. The molecule has 1 aliphatic rings. The van der Waals surface area contributed by atoms with Crippen molar-refractivity contribution in [1.29, 1.82) is 0 Å². The molecule has 0 amide bonds. The summed E-state index contributed by atoms with van der Waals surface area (Å²) in [5.41, 5.74) is 1.38. The minimum Gasteiger partial charge on any atom is -0.381 e. The van der Waals surface area contributed by atoms with Crippen molar-refractivity contribution in [3.8, 4) is 0 Å². The molecule has 0 radical (unpaired) electrons. The van der Waals surface area contributed by atoms with Crippen molar-refractivity contribution in [1.82, 2.24) is 10.3 Å². The van der Waals surface area contributed by atoms with E-state index in [4.69, 9.17) is 4.74 Å². The van der Waals surface area contributed by atoms with Gasteiger partial charge in [-0.05, 0) is 48.7 Å². The Hall–Kier alpha value is -1.45. The fraction of sp³-hybridized carbons (Fsp3) is 0.500. The first-order valence-corrected chi connectivity index (χ1v) is 8.02. The van der Waals surface area contributed by atoms with Crippen molar-refractivity contribution in [3.63, 3.8) is 0 Å². The number of nitrogens with one attached hydrogen (secondary N) is 1. The van der Waals surface area contributed by atoms with Crippen LogP contribution in [0.25, 0.3) is 10.8 Å².